The number of imide groups is 1. The molecule has 172 valence electrons. The summed E-state index contributed by atoms with van der Waals surface area (Å²) in [5, 5.41) is 8.86. The number of carbonyl (C=O) groups excluding carboxylic acids is 3. The molecule has 0 bridgehead atoms. The van der Waals surface area contributed by atoms with Crippen LogP contribution >= 0.6 is 0 Å². The summed E-state index contributed by atoms with van der Waals surface area (Å²) in [5.41, 5.74) is 0.775. The molecule has 0 unspecified atom stereocenters. The first-order chi connectivity index (χ1) is 15.5. The topological polar surface area (TPSA) is 102 Å². The number of rotatable bonds is 9. The van der Waals surface area contributed by atoms with Crippen molar-refractivity contribution in [2.45, 2.75) is 57.0 Å². The lowest BCUT2D eigenvalue weighted by Gasteiger charge is -2.30. The van der Waals surface area contributed by atoms with Gasteiger partial charge in [-0.2, -0.15) is 0 Å². The minimum absolute atomic E-state index is 0.156. The molecule has 3 rings (SSSR count). The Bertz CT molecular complexity index is 880. The second kappa shape index (κ2) is 11.1. The van der Waals surface area contributed by atoms with Crippen LogP contribution in [0.1, 0.15) is 44.3 Å². The number of nitrogens with zero attached hydrogens (tertiary/aromatic N) is 1. The van der Waals surface area contributed by atoms with Crippen molar-refractivity contribution in [1.82, 2.24) is 4.90 Å². The minimum atomic E-state index is -1.30. The van der Waals surface area contributed by atoms with Crippen molar-refractivity contribution in [2.75, 3.05) is 13.7 Å². The predicted molar refractivity (Wildman–Crippen MR) is 115 cm³/mol. The zero-order valence-corrected chi connectivity index (χ0v) is 18.3. The molecule has 0 aliphatic carbocycles. The number of allylic oxidation sites excluding steroid dienone is 2. The number of carbonyl (C=O) groups is 3. The fraction of sp³-hybridized carbons (Fsp3) is 0.458. The van der Waals surface area contributed by atoms with Crippen molar-refractivity contribution in [3.05, 3.63) is 59.9 Å². The summed E-state index contributed by atoms with van der Waals surface area (Å²) in [7, 11) is 1.30. The maximum atomic E-state index is 13.3. The van der Waals surface area contributed by atoms with E-state index in [0.717, 1.165) is 29.7 Å². The molecule has 2 amide bonds. The number of cyclic esters (lactones) is 1. The molecule has 1 aromatic carbocycles. The van der Waals surface area contributed by atoms with E-state index in [4.69, 9.17) is 19.3 Å². The number of ether oxygens (including phenoxy) is 3. The third-order valence-electron chi connectivity index (χ3n) is 5.57. The molecule has 2 aliphatic heterocycles. The number of hydrogen-bond acceptors (Lipinski definition) is 7. The Morgan fingerprint density at radius 1 is 1.16 bits per heavy atom. The van der Waals surface area contributed by atoms with Crippen molar-refractivity contribution >= 4 is 17.8 Å². The molecule has 32 heavy (non-hydrogen) atoms. The highest BCUT2D eigenvalue weighted by atomic mass is 16.6. The van der Waals surface area contributed by atoms with Crippen molar-refractivity contribution in [3.8, 4) is 0 Å². The van der Waals surface area contributed by atoms with E-state index in [1.54, 1.807) is 13.0 Å². The number of ketones is 1. The predicted octanol–water partition coefficient (Wildman–Crippen LogP) is 3.07. The zero-order chi connectivity index (χ0) is 23.1. The molecule has 0 spiro atoms. The minimum Gasteiger partial charge on any atom is -0.479 e. The van der Waals surface area contributed by atoms with E-state index in [2.05, 4.69) is 0 Å². The van der Waals surface area contributed by atoms with E-state index >= 15 is 0 Å². The van der Waals surface area contributed by atoms with Gasteiger partial charge in [0.05, 0.1) is 6.04 Å². The van der Waals surface area contributed by atoms with Crippen LogP contribution in [0.15, 0.2) is 54.3 Å². The van der Waals surface area contributed by atoms with Gasteiger partial charge in [0.1, 0.15) is 11.9 Å². The average Bonchev–Trinajstić information content (AvgIpc) is 3.10. The van der Waals surface area contributed by atoms with E-state index in [0.29, 0.717) is 12.2 Å². The van der Waals surface area contributed by atoms with Gasteiger partial charge in [0.2, 0.25) is 0 Å². The third-order valence-corrected chi connectivity index (χ3v) is 5.57. The Labute approximate surface area is 187 Å². The lowest BCUT2D eigenvalue weighted by Crippen LogP contribution is -2.52. The van der Waals surface area contributed by atoms with Crippen LogP contribution < -0.4 is 0 Å². The Kier molecular flexibility index (Phi) is 8.19. The molecule has 4 atom stereocenters. The fourth-order valence-corrected chi connectivity index (χ4v) is 3.84. The summed E-state index contributed by atoms with van der Waals surface area (Å²) in [5.74, 6) is -0.630. The molecule has 1 N–H and O–H groups in total. The molecule has 1 saturated heterocycles. The number of unbranched alkanes of at least 4 members (excludes halogenated alkanes) is 3. The maximum Gasteiger partial charge on any atom is 0.417 e. The monoisotopic (exact) mass is 443 g/mol. The fourth-order valence-electron chi connectivity index (χ4n) is 3.84. The summed E-state index contributed by atoms with van der Waals surface area (Å²) in [6, 6.07) is 8.59. The smallest absolute Gasteiger partial charge is 0.417 e. The molecule has 1 aromatic rings. The summed E-state index contributed by atoms with van der Waals surface area (Å²) in [4.78, 5) is 39.3. The summed E-state index contributed by atoms with van der Waals surface area (Å²) < 4.78 is 16.6. The number of methoxy groups -OCH3 is 1. The molecule has 1 fully saturated rings. The summed E-state index contributed by atoms with van der Waals surface area (Å²) in [6.07, 6.45) is 4.05. The van der Waals surface area contributed by atoms with Crippen LogP contribution in [0.5, 0.6) is 0 Å². The first kappa shape index (κ1) is 23.7. The Morgan fingerprint density at radius 2 is 1.91 bits per heavy atom. The summed E-state index contributed by atoms with van der Waals surface area (Å²) >= 11 is 0. The van der Waals surface area contributed by atoms with Crippen LogP contribution in [0.2, 0.25) is 0 Å². The third kappa shape index (κ3) is 5.26. The highest BCUT2D eigenvalue weighted by molar-refractivity contribution is 6.03. The van der Waals surface area contributed by atoms with Crippen molar-refractivity contribution in [3.63, 3.8) is 0 Å². The molecule has 8 nitrogen and oxygen atoms in total. The van der Waals surface area contributed by atoms with Crippen LogP contribution in [0.4, 0.5) is 4.79 Å². The van der Waals surface area contributed by atoms with Gasteiger partial charge < -0.3 is 19.3 Å². The molecule has 2 heterocycles. The molecule has 8 heteroatoms. The molecular formula is C24H29NO7. The molecule has 0 saturated carbocycles. The lowest BCUT2D eigenvalue weighted by atomic mass is 10.0. The van der Waals surface area contributed by atoms with E-state index in [1.807, 2.05) is 36.4 Å². The van der Waals surface area contributed by atoms with Crippen molar-refractivity contribution < 1.29 is 33.7 Å². The number of aliphatic hydroxyl groups is 1. The van der Waals surface area contributed by atoms with E-state index in [-0.39, 0.29) is 6.61 Å². The van der Waals surface area contributed by atoms with Gasteiger partial charge in [-0.15, -0.1) is 0 Å². The van der Waals surface area contributed by atoms with Gasteiger partial charge in [0.15, 0.2) is 18.0 Å². The quantitative estimate of drug-likeness (QED) is 0.585. The van der Waals surface area contributed by atoms with E-state index < -0.39 is 42.1 Å². The highest BCUT2D eigenvalue weighted by Crippen LogP contribution is 2.33. The standard InChI is InChI=1S/C24H29NO7/c1-16-20(17-10-6-5-7-11-17)32-24(29)25(16)23(28)22(30-2)21-19(27)14-13-18(31-21)12-8-3-4-9-15-26/h5-7,10-14,16,20-22,26H,3-4,8-9,15H2,1-2H3/t16-,20-,21+,22-/m1/s1. The Balaban J connectivity index is 1.72. The number of benzene rings is 1. The van der Waals surface area contributed by atoms with Crippen LogP contribution in [0, 0.1) is 0 Å². The molecule has 2 aliphatic rings. The Morgan fingerprint density at radius 3 is 2.59 bits per heavy atom. The SMILES string of the molecule is CO[C@@H](C(=O)N1C(=O)O[C@@H](c2ccccc2)[C@H]1C)[C@H]1OC(=CCCCCCO)C=CC1=O. The largest absolute Gasteiger partial charge is 0.479 e. The van der Waals surface area contributed by atoms with Gasteiger partial charge in [0.25, 0.3) is 5.91 Å². The molecular weight excluding hydrogens is 414 g/mol. The van der Waals surface area contributed by atoms with Gasteiger partial charge in [0, 0.05) is 13.7 Å². The van der Waals surface area contributed by atoms with Crippen LogP contribution in [0.3, 0.4) is 0 Å². The van der Waals surface area contributed by atoms with Gasteiger partial charge in [-0.1, -0.05) is 36.8 Å². The normalized spacial score (nSPS) is 25.0. The summed E-state index contributed by atoms with van der Waals surface area (Å²) in [6.45, 7) is 1.87. The van der Waals surface area contributed by atoms with Crippen molar-refractivity contribution in [2.24, 2.45) is 0 Å². The van der Waals surface area contributed by atoms with E-state index in [1.165, 1.54) is 13.2 Å². The number of amides is 2. The van der Waals surface area contributed by atoms with Crippen LogP contribution in [0.25, 0.3) is 0 Å². The van der Waals surface area contributed by atoms with Crippen molar-refractivity contribution in [1.29, 1.82) is 0 Å². The number of hydrogen-bond donors (Lipinski definition) is 1. The number of aliphatic hydroxyl groups excluding tert-OH is 1. The van der Waals surface area contributed by atoms with Crippen LogP contribution in [-0.4, -0.2) is 59.8 Å². The van der Waals surface area contributed by atoms with Gasteiger partial charge in [-0.25, -0.2) is 9.69 Å². The van der Waals surface area contributed by atoms with Gasteiger partial charge in [-0.3, -0.25) is 9.59 Å². The first-order valence-corrected chi connectivity index (χ1v) is 10.8. The van der Waals surface area contributed by atoms with E-state index in [9.17, 15) is 14.4 Å². The molecule has 0 radical (unpaired) electrons. The van der Waals surface area contributed by atoms with Gasteiger partial charge in [-0.05, 0) is 50.0 Å². The maximum absolute atomic E-state index is 13.3. The first-order valence-electron chi connectivity index (χ1n) is 10.8. The lowest BCUT2D eigenvalue weighted by molar-refractivity contribution is -0.153. The highest BCUT2D eigenvalue weighted by Gasteiger charge is 2.48. The van der Waals surface area contributed by atoms with Crippen LogP contribution in [-0.2, 0) is 23.8 Å². The zero-order valence-electron chi connectivity index (χ0n) is 18.3. The Hall–Kier alpha value is -2.97. The molecule has 0 aromatic heterocycles. The second-order valence-electron chi connectivity index (χ2n) is 7.77. The van der Waals surface area contributed by atoms with Gasteiger partial charge >= 0.3 is 6.09 Å². The average molecular weight is 443 g/mol. The second-order valence-corrected chi connectivity index (χ2v) is 7.77.